The zero-order valence-corrected chi connectivity index (χ0v) is 12.5. The van der Waals surface area contributed by atoms with Crippen molar-refractivity contribution >= 4 is 0 Å². The Bertz CT molecular complexity index is 298. The molecule has 0 aromatic heterocycles. The van der Waals surface area contributed by atoms with Gasteiger partial charge in [-0.3, -0.25) is 0 Å². The Labute approximate surface area is 112 Å². The lowest BCUT2D eigenvalue weighted by atomic mass is 9.95. The van der Waals surface area contributed by atoms with Gasteiger partial charge in [0.1, 0.15) is 0 Å². The van der Waals surface area contributed by atoms with Gasteiger partial charge in [-0.1, -0.05) is 40.5 Å². The molecule has 2 nitrogen and oxygen atoms in total. The highest BCUT2D eigenvalue weighted by atomic mass is 16.7. The molecule has 104 valence electrons. The monoisotopic (exact) mass is 252 g/mol. The van der Waals surface area contributed by atoms with Gasteiger partial charge in [0.15, 0.2) is 0 Å². The van der Waals surface area contributed by atoms with Crippen LogP contribution in [-0.4, -0.2) is 19.0 Å². The highest BCUT2D eigenvalue weighted by molar-refractivity contribution is 5.50. The number of ether oxygens (including phenoxy) is 2. The van der Waals surface area contributed by atoms with Crippen LogP contribution in [0.3, 0.4) is 0 Å². The van der Waals surface area contributed by atoms with Gasteiger partial charge in [-0.05, 0) is 36.8 Å². The first-order chi connectivity index (χ1) is 8.56. The summed E-state index contributed by atoms with van der Waals surface area (Å²) in [5.74, 6) is -0.347. The number of hydrogen-bond acceptors (Lipinski definition) is 2. The molecule has 1 aliphatic heterocycles. The summed E-state index contributed by atoms with van der Waals surface area (Å²) in [4.78, 5) is 0. The van der Waals surface area contributed by atoms with Crippen LogP contribution in [0, 0.1) is 5.41 Å². The Morgan fingerprint density at radius 2 is 1.33 bits per heavy atom. The van der Waals surface area contributed by atoms with Gasteiger partial charge < -0.3 is 9.47 Å². The second-order valence-corrected chi connectivity index (χ2v) is 6.52. The van der Waals surface area contributed by atoms with E-state index in [1.54, 1.807) is 0 Å². The van der Waals surface area contributed by atoms with Crippen molar-refractivity contribution in [2.24, 2.45) is 5.41 Å². The lowest BCUT2D eigenvalue weighted by Crippen LogP contribution is -2.41. The third kappa shape index (κ3) is 2.65. The molecule has 0 bridgehead atoms. The second kappa shape index (κ2) is 5.34. The third-order valence-corrected chi connectivity index (χ3v) is 3.99. The Hall–Kier alpha value is -0.340. The molecule has 0 radical (unpaired) electrons. The van der Waals surface area contributed by atoms with Crippen LogP contribution in [0.1, 0.15) is 66.2 Å². The maximum Gasteiger partial charge on any atom is 0.215 e. The van der Waals surface area contributed by atoms with Gasteiger partial charge in [0.2, 0.25) is 5.79 Å². The largest absolute Gasteiger partial charge is 0.342 e. The predicted octanol–water partition coefficient (Wildman–Crippen LogP) is 4.45. The Kier molecular flexibility index (Phi) is 4.18. The summed E-state index contributed by atoms with van der Waals surface area (Å²) < 4.78 is 12.2. The minimum Gasteiger partial charge on any atom is -0.342 e. The molecule has 1 saturated heterocycles. The molecule has 2 rings (SSSR count). The van der Waals surface area contributed by atoms with Gasteiger partial charge in [0, 0.05) is 5.41 Å². The molecule has 2 aliphatic rings. The first kappa shape index (κ1) is 14.1. The first-order valence-electron chi connectivity index (χ1n) is 7.56. The Balaban J connectivity index is 1.96. The lowest BCUT2D eigenvalue weighted by molar-refractivity contribution is -0.235. The van der Waals surface area contributed by atoms with Crippen molar-refractivity contribution in [1.29, 1.82) is 0 Å². The smallest absolute Gasteiger partial charge is 0.215 e. The summed E-state index contributed by atoms with van der Waals surface area (Å²) in [7, 11) is 0. The van der Waals surface area contributed by atoms with Crippen molar-refractivity contribution in [3.63, 3.8) is 0 Å². The summed E-state index contributed by atoms with van der Waals surface area (Å²) in [6.45, 7) is 10.5. The maximum absolute atomic E-state index is 6.11. The van der Waals surface area contributed by atoms with Gasteiger partial charge in [-0.15, -0.1) is 0 Å². The van der Waals surface area contributed by atoms with Crippen molar-refractivity contribution in [1.82, 2.24) is 0 Å². The van der Waals surface area contributed by atoms with Crippen molar-refractivity contribution in [3.05, 3.63) is 11.1 Å². The summed E-state index contributed by atoms with van der Waals surface area (Å²) in [6.07, 6.45) is 7.32. The van der Waals surface area contributed by atoms with Crippen molar-refractivity contribution < 1.29 is 9.47 Å². The highest BCUT2D eigenvalue weighted by Crippen LogP contribution is 2.55. The van der Waals surface area contributed by atoms with E-state index < -0.39 is 0 Å². The van der Waals surface area contributed by atoms with Crippen LogP contribution in [0.4, 0.5) is 0 Å². The van der Waals surface area contributed by atoms with E-state index in [0.29, 0.717) is 0 Å². The summed E-state index contributed by atoms with van der Waals surface area (Å²) in [5, 5.41) is 0. The van der Waals surface area contributed by atoms with Gasteiger partial charge in [-0.25, -0.2) is 0 Å². The van der Waals surface area contributed by atoms with Crippen LogP contribution in [-0.2, 0) is 9.47 Å². The minimum absolute atomic E-state index is 0.166. The fourth-order valence-electron chi connectivity index (χ4n) is 2.71. The molecule has 1 aliphatic carbocycles. The molecule has 0 saturated carbocycles. The van der Waals surface area contributed by atoms with E-state index in [2.05, 4.69) is 27.7 Å². The van der Waals surface area contributed by atoms with E-state index in [4.69, 9.17) is 9.47 Å². The van der Waals surface area contributed by atoms with E-state index in [-0.39, 0.29) is 11.2 Å². The summed E-state index contributed by atoms with van der Waals surface area (Å²) >= 11 is 0. The van der Waals surface area contributed by atoms with Gasteiger partial charge in [0.05, 0.1) is 13.2 Å². The molecule has 2 heteroatoms. The van der Waals surface area contributed by atoms with Crippen molar-refractivity contribution in [2.75, 3.05) is 13.2 Å². The molecular formula is C16H28O2. The quantitative estimate of drug-likeness (QED) is 0.650. The van der Waals surface area contributed by atoms with Crippen molar-refractivity contribution in [3.8, 4) is 0 Å². The lowest BCUT2D eigenvalue weighted by Gasteiger charge is -2.37. The zero-order valence-electron chi connectivity index (χ0n) is 12.5. The molecule has 0 N–H and O–H groups in total. The standard InChI is InChI=1S/C16H28O2/c1-5-7-9-13-14(10-8-6-2)16(13)17-11-15(3,4)12-18-16/h5-12H2,1-4H3. The van der Waals surface area contributed by atoms with Crippen LogP contribution >= 0.6 is 0 Å². The first-order valence-corrected chi connectivity index (χ1v) is 7.56. The number of rotatable bonds is 6. The van der Waals surface area contributed by atoms with E-state index in [0.717, 1.165) is 26.1 Å². The molecule has 18 heavy (non-hydrogen) atoms. The topological polar surface area (TPSA) is 18.5 Å². The van der Waals surface area contributed by atoms with Gasteiger partial charge in [0.25, 0.3) is 0 Å². The van der Waals surface area contributed by atoms with E-state index in [1.165, 1.54) is 36.8 Å². The number of unbranched alkanes of at least 4 members (excludes halogenated alkanes) is 2. The summed E-state index contributed by atoms with van der Waals surface area (Å²) in [5.41, 5.74) is 3.10. The second-order valence-electron chi connectivity index (χ2n) is 6.52. The van der Waals surface area contributed by atoms with Crippen LogP contribution in [0.5, 0.6) is 0 Å². The molecule has 1 fully saturated rings. The molecule has 0 atom stereocenters. The average Bonchev–Trinajstić information content (AvgIpc) is 2.95. The van der Waals surface area contributed by atoms with Crippen molar-refractivity contribution in [2.45, 2.75) is 72.0 Å². The fourth-order valence-corrected chi connectivity index (χ4v) is 2.71. The molecule has 0 amide bonds. The average molecular weight is 252 g/mol. The van der Waals surface area contributed by atoms with E-state index in [9.17, 15) is 0 Å². The van der Waals surface area contributed by atoms with E-state index in [1.807, 2.05) is 0 Å². The SMILES string of the molecule is CCCCC1=C(CCCC)C12OCC(C)(C)CO2. The molecule has 1 spiro atoms. The van der Waals surface area contributed by atoms with Crippen LogP contribution in [0.25, 0.3) is 0 Å². The van der Waals surface area contributed by atoms with E-state index >= 15 is 0 Å². The molecular weight excluding hydrogens is 224 g/mol. The van der Waals surface area contributed by atoms with Crippen LogP contribution < -0.4 is 0 Å². The van der Waals surface area contributed by atoms with Crippen LogP contribution in [0.2, 0.25) is 0 Å². The van der Waals surface area contributed by atoms with Crippen LogP contribution in [0.15, 0.2) is 11.1 Å². The minimum atomic E-state index is -0.347. The zero-order chi connectivity index (χ0) is 13.2. The maximum atomic E-state index is 6.11. The molecule has 0 unspecified atom stereocenters. The summed E-state index contributed by atoms with van der Waals surface area (Å²) in [6, 6.07) is 0. The molecule has 0 aromatic rings. The predicted molar refractivity (Wildman–Crippen MR) is 74.5 cm³/mol. The number of hydrogen-bond donors (Lipinski definition) is 0. The third-order valence-electron chi connectivity index (χ3n) is 3.99. The normalized spacial score (nSPS) is 24.7. The Morgan fingerprint density at radius 1 is 0.889 bits per heavy atom. The van der Waals surface area contributed by atoms with Gasteiger partial charge >= 0.3 is 0 Å². The van der Waals surface area contributed by atoms with Gasteiger partial charge in [-0.2, -0.15) is 0 Å². The Morgan fingerprint density at radius 3 is 1.72 bits per heavy atom. The fraction of sp³-hybridized carbons (Fsp3) is 0.875. The molecule has 0 aromatic carbocycles. The highest BCUT2D eigenvalue weighted by Gasteiger charge is 2.57. The molecule has 1 heterocycles.